The van der Waals surface area contributed by atoms with Crippen LogP contribution < -0.4 is 5.32 Å². The maximum absolute atomic E-state index is 12.2. The second kappa shape index (κ2) is 6.94. The van der Waals surface area contributed by atoms with Gasteiger partial charge in [0, 0.05) is 24.7 Å². The lowest BCUT2D eigenvalue weighted by Crippen LogP contribution is -2.48. The lowest BCUT2D eigenvalue weighted by Gasteiger charge is -2.34. The maximum atomic E-state index is 12.2. The SMILES string of the molecule is CC1CC(C)CN(C(=O)C(=O)NCc2ccccc2Cl)C1. The molecular weight excluding hydrogens is 288 g/mol. The second-order valence-corrected chi connectivity index (χ2v) is 6.34. The van der Waals surface area contributed by atoms with Crippen molar-refractivity contribution in [2.45, 2.75) is 26.8 Å². The molecule has 2 rings (SSSR count). The van der Waals surface area contributed by atoms with E-state index in [9.17, 15) is 9.59 Å². The Morgan fingerprint density at radius 1 is 1.24 bits per heavy atom. The van der Waals surface area contributed by atoms with Gasteiger partial charge in [-0.15, -0.1) is 0 Å². The molecule has 2 atom stereocenters. The Balaban J connectivity index is 1.91. The number of benzene rings is 1. The first-order chi connectivity index (χ1) is 9.97. The third kappa shape index (κ3) is 4.21. The van der Waals surface area contributed by atoms with E-state index in [0.717, 1.165) is 12.0 Å². The van der Waals surface area contributed by atoms with Crippen LogP contribution in [-0.2, 0) is 16.1 Å². The standard InChI is InChI=1S/C16H21ClN2O2/c1-11-7-12(2)10-19(9-11)16(21)15(20)18-8-13-5-3-4-6-14(13)17/h3-6,11-12H,7-10H2,1-2H3,(H,18,20). The van der Waals surface area contributed by atoms with Gasteiger partial charge in [0.25, 0.3) is 0 Å². The fraction of sp³-hybridized carbons (Fsp3) is 0.500. The Bertz CT molecular complexity index is 523. The van der Waals surface area contributed by atoms with Gasteiger partial charge in [0.2, 0.25) is 0 Å². The number of likely N-dealkylation sites (tertiary alicyclic amines) is 1. The van der Waals surface area contributed by atoms with E-state index in [4.69, 9.17) is 11.6 Å². The maximum Gasteiger partial charge on any atom is 0.311 e. The number of hydrogen-bond donors (Lipinski definition) is 1. The first-order valence-electron chi connectivity index (χ1n) is 7.28. The highest BCUT2D eigenvalue weighted by Crippen LogP contribution is 2.21. The van der Waals surface area contributed by atoms with Crippen LogP contribution in [0, 0.1) is 11.8 Å². The number of carbonyl (C=O) groups is 2. The van der Waals surface area contributed by atoms with Crippen LogP contribution in [-0.4, -0.2) is 29.8 Å². The fourth-order valence-electron chi connectivity index (χ4n) is 2.87. The monoisotopic (exact) mass is 308 g/mol. The van der Waals surface area contributed by atoms with Gasteiger partial charge >= 0.3 is 11.8 Å². The van der Waals surface area contributed by atoms with E-state index in [1.807, 2.05) is 18.2 Å². The van der Waals surface area contributed by atoms with E-state index in [-0.39, 0.29) is 6.54 Å². The van der Waals surface area contributed by atoms with Crippen LogP contribution in [0.1, 0.15) is 25.8 Å². The molecule has 1 aromatic rings. The minimum atomic E-state index is -0.559. The van der Waals surface area contributed by atoms with Gasteiger partial charge in [0.15, 0.2) is 0 Å². The molecule has 2 amide bonds. The first kappa shape index (κ1) is 15.8. The zero-order valence-electron chi connectivity index (χ0n) is 12.4. The summed E-state index contributed by atoms with van der Waals surface area (Å²) in [5.74, 6) is -0.125. The molecule has 1 saturated heterocycles. The van der Waals surface area contributed by atoms with Crippen molar-refractivity contribution < 1.29 is 9.59 Å². The van der Waals surface area contributed by atoms with Gasteiger partial charge in [-0.05, 0) is 29.9 Å². The smallest absolute Gasteiger partial charge is 0.311 e. The molecule has 0 radical (unpaired) electrons. The van der Waals surface area contributed by atoms with Crippen molar-refractivity contribution in [1.29, 1.82) is 0 Å². The average molecular weight is 309 g/mol. The molecule has 0 aliphatic carbocycles. The Hall–Kier alpha value is -1.55. The van der Waals surface area contributed by atoms with Gasteiger partial charge in [-0.3, -0.25) is 9.59 Å². The molecule has 2 unspecified atom stereocenters. The van der Waals surface area contributed by atoms with Gasteiger partial charge in [0.05, 0.1) is 0 Å². The van der Waals surface area contributed by atoms with Gasteiger partial charge < -0.3 is 10.2 Å². The summed E-state index contributed by atoms with van der Waals surface area (Å²) in [6.45, 7) is 5.80. The van der Waals surface area contributed by atoms with Crippen molar-refractivity contribution in [1.82, 2.24) is 10.2 Å². The van der Waals surface area contributed by atoms with Crippen molar-refractivity contribution in [3.63, 3.8) is 0 Å². The molecule has 0 spiro atoms. The molecule has 1 heterocycles. The van der Waals surface area contributed by atoms with Crippen LogP contribution in [0.2, 0.25) is 5.02 Å². The summed E-state index contributed by atoms with van der Waals surface area (Å²) < 4.78 is 0. The van der Waals surface area contributed by atoms with Crippen molar-refractivity contribution in [2.24, 2.45) is 11.8 Å². The van der Waals surface area contributed by atoms with E-state index in [1.165, 1.54) is 0 Å². The third-order valence-corrected chi connectivity index (χ3v) is 4.12. The van der Waals surface area contributed by atoms with Crippen LogP contribution >= 0.6 is 11.6 Å². The Morgan fingerprint density at radius 3 is 2.48 bits per heavy atom. The molecule has 4 nitrogen and oxygen atoms in total. The highest BCUT2D eigenvalue weighted by Gasteiger charge is 2.29. The second-order valence-electron chi connectivity index (χ2n) is 5.93. The summed E-state index contributed by atoms with van der Waals surface area (Å²) in [6.07, 6.45) is 1.10. The highest BCUT2D eigenvalue weighted by atomic mass is 35.5. The molecule has 1 N–H and O–H groups in total. The topological polar surface area (TPSA) is 49.4 Å². The Kier molecular flexibility index (Phi) is 5.23. The summed E-state index contributed by atoms with van der Waals surface area (Å²) in [7, 11) is 0. The minimum Gasteiger partial charge on any atom is -0.344 e. The van der Waals surface area contributed by atoms with Crippen molar-refractivity contribution in [3.8, 4) is 0 Å². The van der Waals surface area contributed by atoms with Crippen LogP contribution in [0.5, 0.6) is 0 Å². The molecule has 5 heteroatoms. The van der Waals surface area contributed by atoms with Crippen LogP contribution in [0.3, 0.4) is 0 Å². The Morgan fingerprint density at radius 2 is 1.86 bits per heavy atom. The minimum absolute atomic E-state index is 0.267. The molecule has 1 aliphatic heterocycles. The summed E-state index contributed by atoms with van der Waals surface area (Å²) in [6, 6.07) is 7.27. The summed E-state index contributed by atoms with van der Waals surface area (Å²) >= 11 is 6.03. The van der Waals surface area contributed by atoms with E-state index < -0.39 is 11.8 Å². The Labute approximate surface area is 130 Å². The molecule has 1 fully saturated rings. The molecule has 114 valence electrons. The van der Waals surface area contributed by atoms with Gasteiger partial charge in [-0.1, -0.05) is 43.6 Å². The van der Waals surface area contributed by atoms with E-state index in [1.54, 1.807) is 11.0 Å². The number of halogens is 1. The molecule has 0 aromatic heterocycles. The average Bonchev–Trinajstić information content (AvgIpc) is 2.44. The third-order valence-electron chi connectivity index (χ3n) is 3.75. The van der Waals surface area contributed by atoms with Gasteiger partial charge in [-0.2, -0.15) is 0 Å². The van der Waals surface area contributed by atoms with E-state index in [2.05, 4.69) is 19.2 Å². The summed E-state index contributed by atoms with van der Waals surface area (Å²) in [5, 5.41) is 3.24. The zero-order chi connectivity index (χ0) is 15.4. The molecule has 0 bridgehead atoms. The molecule has 0 saturated carbocycles. The first-order valence-corrected chi connectivity index (χ1v) is 7.65. The molecule has 21 heavy (non-hydrogen) atoms. The van der Waals surface area contributed by atoms with Crippen LogP contribution in [0.15, 0.2) is 24.3 Å². The number of piperidine rings is 1. The molecule has 1 aromatic carbocycles. The van der Waals surface area contributed by atoms with Gasteiger partial charge in [-0.25, -0.2) is 0 Å². The number of amides is 2. The lowest BCUT2D eigenvalue weighted by molar-refractivity contribution is -0.147. The number of carbonyl (C=O) groups excluding carboxylic acids is 2. The van der Waals surface area contributed by atoms with Crippen molar-refractivity contribution >= 4 is 23.4 Å². The number of nitrogens with one attached hydrogen (secondary N) is 1. The predicted octanol–water partition coefficient (Wildman–Crippen LogP) is 2.46. The molecule has 1 aliphatic rings. The largest absolute Gasteiger partial charge is 0.344 e. The van der Waals surface area contributed by atoms with E-state index >= 15 is 0 Å². The molecular formula is C16H21ClN2O2. The van der Waals surface area contributed by atoms with Crippen LogP contribution in [0.25, 0.3) is 0 Å². The van der Waals surface area contributed by atoms with Crippen molar-refractivity contribution in [2.75, 3.05) is 13.1 Å². The number of hydrogen-bond acceptors (Lipinski definition) is 2. The predicted molar refractivity (Wildman–Crippen MR) is 82.8 cm³/mol. The normalized spacial score (nSPS) is 22.0. The quantitative estimate of drug-likeness (QED) is 0.853. The summed E-state index contributed by atoms with van der Waals surface area (Å²) in [4.78, 5) is 25.8. The zero-order valence-corrected chi connectivity index (χ0v) is 13.2. The summed E-state index contributed by atoms with van der Waals surface area (Å²) in [5.41, 5.74) is 0.806. The van der Waals surface area contributed by atoms with Crippen LogP contribution in [0.4, 0.5) is 0 Å². The van der Waals surface area contributed by atoms with Gasteiger partial charge in [0.1, 0.15) is 0 Å². The van der Waals surface area contributed by atoms with Crippen molar-refractivity contribution in [3.05, 3.63) is 34.9 Å². The highest BCUT2D eigenvalue weighted by molar-refractivity contribution is 6.35. The number of rotatable bonds is 2. The fourth-order valence-corrected chi connectivity index (χ4v) is 3.07. The lowest BCUT2D eigenvalue weighted by atomic mass is 9.92. The number of nitrogens with zero attached hydrogens (tertiary/aromatic N) is 1. The van der Waals surface area contributed by atoms with E-state index in [0.29, 0.717) is 29.9 Å².